The second-order valence-corrected chi connectivity index (χ2v) is 3.28. The molecule has 0 fully saturated rings. The lowest BCUT2D eigenvalue weighted by atomic mass is 10.1. The lowest BCUT2D eigenvalue weighted by Crippen LogP contribution is -2.14. The van der Waals surface area contributed by atoms with Crippen LogP contribution in [0.4, 0.5) is 18.9 Å². The SMILES string of the molecule is COC(OC)c1ccc(N=C=O)cc1C(F)(F)F. The average Bonchev–Trinajstić information content (AvgIpc) is 2.31. The first kappa shape index (κ1) is 14.4. The normalized spacial score (nSPS) is 11.4. The van der Waals surface area contributed by atoms with Crippen LogP contribution >= 0.6 is 0 Å². The Kier molecular flexibility index (Phi) is 4.61. The number of alkyl halides is 3. The zero-order chi connectivity index (χ0) is 13.8. The standard InChI is InChI=1S/C11H10F3NO3/c1-17-10(18-2)8-4-3-7(15-6-16)5-9(8)11(12,13)14/h3-5,10H,1-2H3. The van der Waals surface area contributed by atoms with E-state index in [0.29, 0.717) is 0 Å². The van der Waals surface area contributed by atoms with E-state index in [-0.39, 0.29) is 11.3 Å². The number of nitrogens with zero attached hydrogens (tertiary/aromatic N) is 1. The quantitative estimate of drug-likeness (QED) is 0.475. The number of hydrogen-bond acceptors (Lipinski definition) is 4. The molecule has 7 heteroatoms. The predicted octanol–water partition coefficient (Wildman–Crippen LogP) is 2.96. The van der Waals surface area contributed by atoms with Crippen LogP contribution in [0.15, 0.2) is 23.2 Å². The van der Waals surface area contributed by atoms with Gasteiger partial charge in [0.2, 0.25) is 6.08 Å². The highest BCUT2D eigenvalue weighted by molar-refractivity contribution is 5.52. The van der Waals surface area contributed by atoms with Crippen molar-refractivity contribution >= 4 is 11.8 Å². The van der Waals surface area contributed by atoms with Gasteiger partial charge in [0.1, 0.15) is 0 Å². The Morgan fingerprint density at radius 2 is 1.89 bits per heavy atom. The fourth-order valence-electron chi connectivity index (χ4n) is 1.47. The van der Waals surface area contributed by atoms with Crippen LogP contribution in [0.25, 0.3) is 0 Å². The third kappa shape index (κ3) is 3.16. The first-order valence-corrected chi connectivity index (χ1v) is 4.78. The van der Waals surface area contributed by atoms with E-state index in [0.717, 1.165) is 12.1 Å². The third-order valence-electron chi connectivity index (χ3n) is 2.20. The van der Waals surface area contributed by atoms with Gasteiger partial charge < -0.3 is 9.47 Å². The van der Waals surface area contributed by atoms with Gasteiger partial charge >= 0.3 is 6.18 Å². The zero-order valence-electron chi connectivity index (χ0n) is 9.62. The minimum atomic E-state index is -4.60. The van der Waals surface area contributed by atoms with E-state index in [1.165, 1.54) is 26.4 Å². The highest BCUT2D eigenvalue weighted by atomic mass is 19.4. The van der Waals surface area contributed by atoms with E-state index in [1.54, 1.807) is 0 Å². The molecule has 0 radical (unpaired) electrons. The number of carbonyl (C=O) groups excluding carboxylic acids is 1. The summed E-state index contributed by atoms with van der Waals surface area (Å²) < 4.78 is 48.1. The van der Waals surface area contributed by atoms with Crippen molar-refractivity contribution in [3.63, 3.8) is 0 Å². The van der Waals surface area contributed by atoms with Crippen LogP contribution in [0.2, 0.25) is 0 Å². The molecule has 0 aliphatic rings. The van der Waals surface area contributed by atoms with Crippen molar-refractivity contribution < 1.29 is 27.4 Å². The Bertz CT molecular complexity index is 463. The number of isocyanates is 1. The van der Waals surface area contributed by atoms with Crippen LogP contribution in [-0.2, 0) is 20.4 Å². The maximum Gasteiger partial charge on any atom is 0.416 e. The van der Waals surface area contributed by atoms with Gasteiger partial charge in [0.15, 0.2) is 6.29 Å². The van der Waals surface area contributed by atoms with Crippen molar-refractivity contribution in [3.8, 4) is 0 Å². The Morgan fingerprint density at radius 1 is 1.28 bits per heavy atom. The fraction of sp³-hybridized carbons (Fsp3) is 0.364. The molecule has 98 valence electrons. The van der Waals surface area contributed by atoms with E-state index >= 15 is 0 Å². The van der Waals surface area contributed by atoms with Gasteiger partial charge in [-0.05, 0) is 12.1 Å². The predicted molar refractivity (Wildman–Crippen MR) is 56.0 cm³/mol. The summed E-state index contributed by atoms with van der Waals surface area (Å²) in [6.07, 6.45) is -4.56. The lowest BCUT2D eigenvalue weighted by Gasteiger charge is -2.19. The Balaban J connectivity index is 3.38. The van der Waals surface area contributed by atoms with Gasteiger partial charge in [-0.2, -0.15) is 18.2 Å². The summed E-state index contributed by atoms with van der Waals surface area (Å²) >= 11 is 0. The zero-order valence-corrected chi connectivity index (χ0v) is 9.62. The molecule has 0 aliphatic heterocycles. The average molecular weight is 261 g/mol. The first-order valence-electron chi connectivity index (χ1n) is 4.78. The number of rotatable bonds is 4. The first-order chi connectivity index (χ1) is 8.43. The number of aliphatic imine (C=N–C) groups is 1. The molecule has 4 nitrogen and oxygen atoms in total. The highest BCUT2D eigenvalue weighted by Gasteiger charge is 2.35. The summed E-state index contributed by atoms with van der Waals surface area (Å²) in [5.74, 6) is 0. The molecule has 0 amide bonds. The molecule has 1 rings (SSSR count). The topological polar surface area (TPSA) is 47.9 Å². The minimum absolute atomic E-state index is 0.132. The van der Waals surface area contributed by atoms with Gasteiger partial charge in [-0.1, -0.05) is 6.07 Å². The molecule has 0 spiro atoms. The molecule has 1 aromatic carbocycles. The van der Waals surface area contributed by atoms with Crippen molar-refractivity contribution in [2.24, 2.45) is 4.99 Å². The van der Waals surface area contributed by atoms with Crippen molar-refractivity contribution in [1.82, 2.24) is 0 Å². The maximum atomic E-state index is 12.9. The van der Waals surface area contributed by atoms with Crippen molar-refractivity contribution in [2.75, 3.05) is 14.2 Å². The third-order valence-corrected chi connectivity index (χ3v) is 2.20. The van der Waals surface area contributed by atoms with E-state index < -0.39 is 18.0 Å². The van der Waals surface area contributed by atoms with Crippen LogP contribution in [-0.4, -0.2) is 20.3 Å². The number of ether oxygens (including phenoxy) is 2. The lowest BCUT2D eigenvalue weighted by molar-refractivity contribution is -0.147. The van der Waals surface area contributed by atoms with E-state index in [1.807, 2.05) is 0 Å². The molecular formula is C11H10F3NO3. The molecule has 0 aromatic heterocycles. The molecule has 0 saturated heterocycles. The second-order valence-electron chi connectivity index (χ2n) is 3.28. The van der Waals surface area contributed by atoms with Crippen molar-refractivity contribution in [1.29, 1.82) is 0 Å². The summed E-state index contributed by atoms with van der Waals surface area (Å²) in [6.45, 7) is 0. The largest absolute Gasteiger partial charge is 0.416 e. The summed E-state index contributed by atoms with van der Waals surface area (Å²) in [5, 5.41) is 0. The number of benzene rings is 1. The van der Waals surface area contributed by atoms with Crippen molar-refractivity contribution in [3.05, 3.63) is 29.3 Å². The number of methoxy groups -OCH3 is 2. The summed E-state index contributed by atoms with van der Waals surface area (Å²) in [6, 6.07) is 3.14. The van der Waals surface area contributed by atoms with Crippen molar-refractivity contribution in [2.45, 2.75) is 12.5 Å². The monoisotopic (exact) mass is 261 g/mol. The minimum Gasteiger partial charge on any atom is -0.352 e. The van der Waals surface area contributed by atoms with Crippen LogP contribution in [0.1, 0.15) is 17.4 Å². The van der Waals surface area contributed by atoms with Crippen LogP contribution in [0.3, 0.4) is 0 Å². The van der Waals surface area contributed by atoms with Gasteiger partial charge in [-0.15, -0.1) is 0 Å². The Morgan fingerprint density at radius 3 is 2.33 bits per heavy atom. The summed E-state index contributed by atoms with van der Waals surface area (Å²) in [5.41, 5.74) is -1.28. The molecule has 0 bridgehead atoms. The van der Waals surface area contributed by atoms with Gasteiger partial charge in [0.05, 0.1) is 11.3 Å². The van der Waals surface area contributed by atoms with Crippen LogP contribution in [0.5, 0.6) is 0 Å². The molecule has 1 aromatic rings. The number of halogens is 3. The Labute approximate surface area is 101 Å². The van der Waals surface area contributed by atoms with E-state index in [4.69, 9.17) is 9.47 Å². The summed E-state index contributed by atoms with van der Waals surface area (Å²) in [4.78, 5) is 13.2. The smallest absolute Gasteiger partial charge is 0.352 e. The van der Waals surface area contributed by atoms with Crippen LogP contribution < -0.4 is 0 Å². The van der Waals surface area contributed by atoms with E-state index in [2.05, 4.69) is 4.99 Å². The van der Waals surface area contributed by atoms with Crippen LogP contribution in [0, 0.1) is 0 Å². The van der Waals surface area contributed by atoms with Gasteiger partial charge in [-0.3, -0.25) is 0 Å². The molecule has 0 unspecified atom stereocenters. The summed E-state index contributed by atoms with van der Waals surface area (Å²) in [7, 11) is 2.46. The molecule has 0 N–H and O–H groups in total. The van der Waals surface area contributed by atoms with Gasteiger partial charge in [0.25, 0.3) is 0 Å². The van der Waals surface area contributed by atoms with E-state index in [9.17, 15) is 18.0 Å². The number of hydrogen-bond donors (Lipinski definition) is 0. The highest BCUT2D eigenvalue weighted by Crippen LogP contribution is 2.37. The molecule has 18 heavy (non-hydrogen) atoms. The molecule has 0 aliphatic carbocycles. The molecule has 0 atom stereocenters. The van der Waals surface area contributed by atoms with Gasteiger partial charge in [0, 0.05) is 19.8 Å². The Hall–Kier alpha value is -1.69. The fourth-order valence-corrected chi connectivity index (χ4v) is 1.47. The van der Waals surface area contributed by atoms with Gasteiger partial charge in [-0.25, -0.2) is 4.79 Å². The molecule has 0 saturated carbocycles. The maximum absolute atomic E-state index is 12.9. The molecular weight excluding hydrogens is 251 g/mol. The molecule has 0 heterocycles. The second kappa shape index (κ2) is 5.77.